The second-order valence-electron chi connectivity index (χ2n) is 3.89. The Morgan fingerprint density at radius 2 is 2.15 bits per heavy atom. The van der Waals surface area contributed by atoms with Crippen LogP contribution in [0.2, 0.25) is 0 Å². The van der Waals surface area contributed by atoms with E-state index in [0.29, 0.717) is 17.9 Å². The zero-order chi connectivity index (χ0) is 8.84. The summed E-state index contributed by atoms with van der Waals surface area (Å²) in [5, 5.41) is 7.94. The van der Waals surface area contributed by atoms with Crippen LogP contribution in [0, 0.1) is 11.8 Å². The largest absolute Gasteiger partial charge is 0.354 e. The van der Waals surface area contributed by atoms with Crippen molar-refractivity contribution < 1.29 is 0 Å². The van der Waals surface area contributed by atoms with Gasteiger partial charge >= 0.3 is 0 Å². The molecule has 4 heteroatoms. The first kappa shape index (κ1) is 7.26. The molecule has 2 fully saturated rings. The maximum atomic E-state index is 5.85. The molecule has 3 rings (SSSR count). The zero-order valence-corrected chi connectivity index (χ0v) is 7.30. The Morgan fingerprint density at radius 1 is 1.38 bits per heavy atom. The van der Waals surface area contributed by atoms with E-state index in [9.17, 15) is 0 Å². The van der Waals surface area contributed by atoms with Gasteiger partial charge in [0.1, 0.15) is 0 Å². The van der Waals surface area contributed by atoms with Crippen molar-refractivity contribution in [2.75, 3.05) is 18.0 Å². The number of nitrogens with zero attached hydrogens (tertiary/aromatic N) is 3. The van der Waals surface area contributed by atoms with Crippen LogP contribution in [-0.2, 0) is 0 Å². The van der Waals surface area contributed by atoms with Crippen LogP contribution in [-0.4, -0.2) is 29.3 Å². The number of nitrogens with two attached hydrogens (primary N) is 1. The van der Waals surface area contributed by atoms with Gasteiger partial charge in [-0.25, -0.2) is 0 Å². The van der Waals surface area contributed by atoms with E-state index in [4.69, 9.17) is 5.73 Å². The van der Waals surface area contributed by atoms with Gasteiger partial charge in [0.25, 0.3) is 0 Å². The fourth-order valence-corrected chi connectivity index (χ4v) is 2.22. The van der Waals surface area contributed by atoms with Gasteiger partial charge in [0.15, 0.2) is 5.82 Å². The molecule has 68 valence electrons. The van der Waals surface area contributed by atoms with Crippen LogP contribution in [0.25, 0.3) is 0 Å². The predicted molar refractivity (Wildman–Crippen MR) is 49.2 cm³/mol. The van der Waals surface area contributed by atoms with E-state index < -0.39 is 0 Å². The molecule has 1 saturated heterocycles. The molecule has 2 heterocycles. The van der Waals surface area contributed by atoms with E-state index in [-0.39, 0.29) is 0 Å². The lowest BCUT2D eigenvalue weighted by atomic mass is 10.4. The van der Waals surface area contributed by atoms with Crippen molar-refractivity contribution in [3.63, 3.8) is 0 Å². The smallest absolute Gasteiger partial charge is 0.151 e. The molecule has 0 radical (unpaired) electrons. The molecule has 4 nitrogen and oxygen atoms in total. The number of piperidine rings is 1. The average Bonchev–Trinajstić information content (AvgIpc) is 2.67. The van der Waals surface area contributed by atoms with Gasteiger partial charge in [0.05, 0.1) is 0 Å². The number of hydrogen-bond acceptors (Lipinski definition) is 4. The highest BCUT2D eigenvalue weighted by Gasteiger charge is 2.53. The predicted octanol–water partition coefficient (Wildman–Crippen LogP) is -0.130. The second-order valence-corrected chi connectivity index (χ2v) is 3.89. The van der Waals surface area contributed by atoms with Gasteiger partial charge in [-0.3, -0.25) is 0 Å². The number of aromatic nitrogens is 2. The fraction of sp³-hybridized carbons (Fsp3) is 0.556. The lowest BCUT2D eigenvalue weighted by Gasteiger charge is -2.18. The average molecular weight is 176 g/mol. The van der Waals surface area contributed by atoms with Gasteiger partial charge < -0.3 is 10.6 Å². The summed E-state index contributed by atoms with van der Waals surface area (Å²) < 4.78 is 0. The third-order valence-corrected chi connectivity index (χ3v) is 3.14. The molecule has 13 heavy (non-hydrogen) atoms. The van der Waals surface area contributed by atoms with Crippen LogP contribution < -0.4 is 10.6 Å². The van der Waals surface area contributed by atoms with Crippen LogP contribution in [0.1, 0.15) is 0 Å². The van der Waals surface area contributed by atoms with Crippen molar-refractivity contribution in [1.29, 1.82) is 0 Å². The number of anilines is 1. The Kier molecular flexibility index (Phi) is 1.35. The molecule has 0 amide bonds. The van der Waals surface area contributed by atoms with Crippen molar-refractivity contribution in [2.45, 2.75) is 6.04 Å². The van der Waals surface area contributed by atoms with Gasteiger partial charge in [-0.1, -0.05) is 0 Å². The molecule has 2 N–H and O–H groups in total. The summed E-state index contributed by atoms with van der Waals surface area (Å²) in [4.78, 5) is 2.27. The summed E-state index contributed by atoms with van der Waals surface area (Å²) in [6.07, 6.45) is 1.70. The van der Waals surface area contributed by atoms with Gasteiger partial charge in [0, 0.05) is 25.3 Å². The molecule has 0 bridgehead atoms. The van der Waals surface area contributed by atoms with Crippen molar-refractivity contribution in [3.8, 4) is 0 Å². The first-order chi connectivity index (χ1) is 6.36. The van der Waals surface area contributed by atoms with Crippen molar-refractivity contribution >= 4 is 5.82 Å². The third-order valence-electron chi connectivity index (χ3n) is 3.14. The monoisotopic (exact) mass is 176 g/mol. The lowest BCUT2D eigenvalue weighted by molar-refractivity contribution is 0.729. The molecule has 1 aromatic rings. The zero-order valence-electron chi connectivity index (χ0n) is 7.30. The Hall–Kier alpha value is -1.16. The number of rotatable bonds is 1. The van der Waals surface area contributed by atoms with Crippen LogP contribution in [0.4, 0.5) is 5.82 Å². The molecular weight excluding hydrogens is 164 g/mol. The molecule has 1 aliphatic carbocycles. The van der Waals surface area contributed by atoms with E-state index in [1.54, 1.807) is 6.20 Å². The Balaban J connectivity index is 1.76. The van der Waals surface area contributed by atoms with Crippen molar-refractivity contribution in [3.05, 3.63) is 18.3 Å². The van der Waals surface area contributed by atoms with Crippen molar-refractivity contribution in [2.24, 2.45) is 17.6 Å². The quantitative estimate of drug-likeness (QED) is 0.647. The minimum atomic E-state index is 0.452. The summed E-state index contributed by atoms with van der Waals surface area (Å²) in [5.41, 5.74) is 5.85. The highest BCUT2D eigenvalue weighted by atomic mass is 15.3. The maximum absolute atomic E-state index is 5.85. The maximum Gasteiger partial charge on any atom is 0.151 e. The SMILES string of the molecule is NC1[C@H]2CN(c3cccnn3)C[C@@H]12. The van der Waals surface area contributed by atoms with Gasteiger partial charge in [-0.05, 0) is 24.0 Å². The summed E-state index contributed by atoms with van der Waals surface area (Å²) >= 11 is 0. The molecule has 1 aromatic heterocycles. The van der Waals surface area contributed by atoms with Crippen LogP contribution in [0.5, 0.6) is 0 Å². The molecule has 1 saturated carbocycles. The summed E-state index contributed by atoms with van der Waals surface area (Å²) in [7, 11) is 0. The Bertz CT molecular complexity index is 301. The topological polar surface area (TPSA) is 55.0 Å². The molecule has 0 spiro atoms. The molecular formula is C9H12N4. The van der Waals surface area contributed by atoms with Crippen LogP contribution in [0.15, 0.2) is 18.3 Å². The minimum absolute atomic E-state index is 0.452. The van der Waals surface area contributed by atoms with Crippen LogP contribution in [0.3, 0.4) is 0 Å². The molecule has 1 aliphatic heterocycles. The molecule has 0 aromatic carbocycles. The Morgan fingerprint density at radius 3 is 2.77 bits per heavy atom. The Labute approximate surface area is 76.8 Å². The van der Waals surface area contributed by atoms with Gasteiger partial charge in [-0.2, -0.15) is 5.10 Å². The number of fused-ring (bicyclic) bond motifs is 1. The highest BCUT2D eigenvalue weighted by Crippen LogP contribution is 2.44. The highest BCUT2D eigenvalue weighted by molar-refractivity contribution is 5.41. The summed E-state index contributed by atoms with van der Waals surface area (Å²) in [5.74, 6) is 2.41. The van der Waals surface area contributed by atoms with E-state index in [0.717, 1.165) is 18.9 Å². The first-order valence-corrected chi connectivity index (χ1v) is 4.64. The second kappa shape index (κ2) is 2.42. The van der Waals surface area contributed by atoms with E-state index in [1.807, 2.05) is 12.1 Å². The summed E-state index contributed by atoms with van der Waals surface area (Å²) in [6.45, 7) is 2.12. The number of hydrogen-bond donors (Lipinski definition) is 1. The first-order valence-electron chi connectivity index (χ1n) is 4.64. The van der Waals surface area contributed by atoms with Gasteiger partial charge in [0.2, 0.25) is 0 Å². The van der Waals surface area contributed by atoms with E-state index in [1.165, 1.54) is 0 Å². The fourth-order valence-electron chi connectivity index (χ4n) is 2.22. The minimum Gasteiger partial charge on any atom is -0.354 e. The normalized spacial score (nSPS) is 36.1. The van der Waals surface area contributed by atoms with Crippen LogP contribution >= 0.6 is 0 Å². The molecule has 1 unspecified atom stereocenters. The van der Waals surface area contributed by atoms with Crippen molar-refractivity contribution in [1.82, 2.24) is 10.2 Å². The van der Waals surface area contributed by atoms with E-state index >= 15 is 0 Å². The third kappa shape index (κ3) is 1.02. The van der Waals surface area contributed by atoms with E-state index in [2.05, 4.69) is 15.1 Å². The van der Waals surface area contributed by atoms with Gasteiger partial charge in [-0.15, -0.1) is 5.10 Å². The molecule has 2 aliphatic rings. The standard InChI is InChI=1S/C9H12N4/c10-9-6-4-13(5-7(6)9)8-2-1-3-11-12-8/h1-3,6-7,9H,4-5,10H2/t6-,7+,9?. The summed E-state index contributed by atoms with van der Waals surface area (Å²) in [6, 6.07) is 4.38. The molecule has 3 atom stereocenters. The lowest BCUT2D eigenvalue weighted by Crippen LogP contribution is -2.28.